The number of nitrogens with one attached hydrogen (secondary N) is 4. The average molecular weight is 1480 g/mol. The van der Waals surface area contributed by atoms with Crippen molar-refractivity contribution in [1.29, 1.82) is 0 Å². The Morgan fingerprint density at radius 2 is 0.943 bits per heavy atom. The van der Waals surface area contributed by atoms with E-state index in [0.29, 0.717) is 29.8 Å². The molecule has 3 aromatic rings. The molecule has 13 atom stereocenters. The third-order valence-corrected chi connectivity index (χ3v) is 20.7. The van der Waals surface area contributed by atoms with Crippen molar-refractivity contribution in [2.45, 2.75) is 205 Å². The molecule has 0 aromatic heterocycles. The maximum Gasteiger partial charge on any atom is 0.248 e. The molecule has 29 heteroatoms. The summed E-state index contributed by atoms with van der Waals surface area (Å²) in [5.41, 5.74) is 1.81. The van der Waals surface area contributed by atoms with Crippen LogP contribution in [0.3, 0.4) is 0 Å². The van der Waals surface area contributed by atoms with Crippen LogP contribution in [0.5, 0.6) is 0 Å². The molecule has 0 bridgehead atoms. The fourth-order valence-electron chi connectivity index (χ4n) is 12.9. The lowest BCUT2D eigenvalue weighted by Gasteiger charge is -2.38. The summed E-state index contributed by atoms with van der Waals surface area (Å²) < 4.78 is 0. The lowest BCUT2D eigenvalue weighted by molar-refractivity contribution is -0.153. The van der Waals surface area contributed by atoms with Gasteiger partial charge in [0.2, 0.25) is 82.7 Å². The SMILES string of the molecule is CC(C)C[C@H]1C(=O)N(C)[C@@H](C)C(=O)N(C)[C@@H](Cc2ccccc2)C(=O)N[C@@H]([C@@H](C)O)C(=O)N(C)[C@@H](C)C(=O)N(C)[C@@H](Cc2ccccc2)C(=O)N(C)[C@@H](C)C(=O)N[C@H](C(=O)N(C)[C@@H](Cc2ccccc2)C(=O)N[C@@H](C)C(=O)N2CCCCC2)CC(=O)N(C)CCCC(=O)N(C)[C@@H](C)C(=O)N[C@@H](C)C(=O)N1C. The minimum atomic E-state index is -1.74. The van der Waals surface area contributed by atoms with Gasteiger partial charge in [-0.1, -0.05) is 105 Å². The molecule has 0 aliphatic carbocycles. The smallest absolute Gasteiger partial charge is 0.248 e. The number of aliphatic hydroxyl groups is 1. The number of piperidine rings is 1. The molecule has 2 fully saturated rings. The van der Waals surface area contributed by atoms with Crippen molar-refractivity contribution in [2.75, 3.05) is 83.1 Å². The molecule has 2 heterocycles. The molecule has 2 saturated heterocycles. The number of likely N-dealkylation sites (N-methyl/N-ethyl adjacent to an activating group) is 8. The maximum atomic E-state index is 15.3. The predicted molar refractivity (Wildman–Crippen MR) is 398 cm³/mol. The van der Waals surface area contributed by atoms with E-state index in [0.717, 1.165) is 48.7 Å². The van der Waals surface area contributed by atoms with Gasteiger partial charge in [0.15, 0.2) is 0 Å². The minimum absolute atomic E-state index is 0.0422. The maximum absolute atomic E-state index is 15.3. The quantitative estimate of drug-likeness (QED) is 0.153. The van der Waals surface area contributed by atoms with Gasteiger partial charge in [-0.2, -0.15) is 0 Å². The van der Waals surface area contributed by atoms with Crippen LogP contribution in [0.15, 0.2) is 91.0 Å². The Labute approximate surface area is 624 Å². The predicted octanol–water partition coefficient (Wildman–Crippen LogP) is 1.47. The molecule has 14 amide bonds. The first-order valence-electron chi connectivity index (χ1n) is 36.5. The van der Waals surface area contributed by atoms with E-state index in [9.17, 15) is 62.6 Å². The van der Waals surface area contributed by atoms with E-state index in [1.807, 2.05) is 13.8 Å². The van der Waals surface area contributed by atoms with Crippen LogP contribution in [0.1, 0.15) is 124 Å². The van der Waals surface area contributed by atoms with Gasteiger partial charge < -0.3 is 75.4 Å². The lowest BCUT2D eigenvalue weighted by atomic mass is 9.99. The zero-order valence-electron chi connectivity index (χ0n) is 65.1. The van der Waals surface area contributed by atoms with Gasteiger partial charge in [-0.25, -0.2) is 0 Å². The molecular weight excluding hydrogens is 1360 g/mol. The van der Waals surface area contributed by atoms with E-state index in [1.165, 1.54) is 120 Å². The molecule has 5 rings (SSSR count). The van der Waals surface area contributed by atoms with Crippen molar-refractivity contribution >= 4 is 82.7 Å². The van der Waals surface area contributed by atoms with Crippen molar-refractivity contribution in [1.82, 2.24) is 70.3 Å². The first kappa shape index (κ1) is 86.8. The largest absolute Gasteiger partial charge is 0.391 e. The van der Waals surface area contributed by atoms with Crippen LogP contribution in [-0.2, 0) is 86.4 Å². The number of amides is 14. The molecule has 29 nitrogen and oxygen atoms in total. The first-order valence-corrected chi connectivity index (χ1v) is 36.5. The van der Waals surface area contributed by atoms with Crippen LogP contribution in [0.4, 0.5) is 0 Å². The summed E-state index contributed by atoms with van der Waals surface area (Å²) in [6.07, 6.45) is -0.0911. The zero-order valence-corrected chi connectivity index (χ0v) is 65.1. The summed E-state index contributed by atoms with van der Waals surface area (Å²) in [7, 11) is 12.2. The third-order valence-electron chi connectivity index (χ3n) is 20.7. The zero-order chi connectivity index (χ0) is 79.3. The van der Waals surface area contributed by atoms with E-state index in [4.69, 9.17) is 0 Å². The molecule has 0 spiro atoms. The van der Waals surface area contributed by atoms with E-state index in [2.05, 4.69) is 21.3 Å². The number of carbonyl (C=O) groups excluding carboxylic acids is 14. The van der Waals surface area contributed by atoms with Crippen molar-refractivity contribution in [3.8, 4) is 0 Å². The highest BCUT2D eigenvalue weighted by Crippen LogP contribution is 2.22. The normalized spacial score (nSPS) is 24.9. The topological polar surface area (TPSA) is 340 Å². The van der Waals surface area contributed by atoms with Gasteiger partial charge in [-0.15, -0.1) is 0 Å². The highest BCUT2D eigenvalue weighted by Gasteiger charge is 2.44. The van der Waals surface area contributed by atoms with E-state index in [1.54, 1.807) is 103 Å². The highest BCUT2D eigenvalue weighted by molar-refractivity contribution is 6.00. The van der Waals surface area contributed by atoms with Gasteiger partial charge in [-0.05, 0) is 103 Å². The molecule has 0 radical (unpaired) electrons. The molecule has 0 unspecified atom stereocenters. The summed E-state index contributed by atoms with van der Waals surface area (Å²) >= 11 is 0. The summed E-state index contributed by atoms with van der Waals surface area (Å²) in [5, 5.41) is 22.1. The number of hydrogen-bond acceptors (Lipinski definition) is 15. The van der Waals surface area contributed by atoms with E-state index in [-0.39, 0.29) is 56.9 Å². The van der Waals surface area contributed by atoms with Crippen LogP contribution in [0.2, 0.25) is 0 Å². The fraction of sp³-hybridized carbons (Fsp3) is 0.584. The Morgan fingerprint density at radius 1 is 0.491 bits per heavy atom. The standard InChI is InChI=1S/C77H114N14O15/c1-47(2)42-61-75(104)85(13)52(7)72(101)87(15)60(44-56-34-25-20-26-35-56)69(98)81-65(54(9)92)77(106)86(14)53(8)73(102)90(18)62(45-57-36-27-21-28-37-57)76(105)84(12)51(6)67(96)80-58(46-64(94)82(10)39-31-38-63(93)83(11)50(5)66(95)78-48(3)70(99)89(61)17)74(103)88(16)59(43-55-32-23-19-24-33-55)68(97)79-49(4)71(100)91-40-29-22-30-41-91/h19-21,23-28,32-37,47-54,58-62,65,92H,22,29-31,38-46H2,1-18H3,(H,78,95)(H,79,97)(H,80,96)(H,81,98)/t48-,49-,50-,51-,52-,53-,54+,58-,59-,60-,61-,62-,65-/m0/s1. The van der Waals surface area contributed by atoms with E-state index < -0.39 is 162 Å². The monoisotopic (exact) mass is 1470 g/mol. The Balaban J connectivity index is 1.59. The number of aliphatic hydroxyl groups excluding tert-OH is 1. The molecule has 3 aromatic carbocycles. The molecule has 2 aliphatic rings. The average Bonchev–Trinajstić information content (AvgIpc) is 0.816. The Hall–Kier alpha value is -9.80. The van der Waals surface area contributed by atoms with Crippen molar-refractivity contribution < 1.29 is 72.2 Å². The Morgan fingerprint density at radius 3 is 1.46 bits per heavy atom. The third kappa shape index (κ3) is 23.1. The van der Waals surface area contributed by atoms with Gasteiger partial charge in [-0.3, -0.25) is 67.1 Å². The second kappa shape index (κ2) is 40.1. The van der Waals surface area contributed by atoms with Gasteiger partial charge >= 0.3 is 0 Å². The number of nitrogens with zero attached hydrogens (tertiary/aromatic N) is 10. The number of benzene rings is 3. The number of rotatable bonds is 14. The highest BCUT2D eigenvalue weighted by atomic mass is 16.3. The Bertz CT molecular complexity index is 3560. The van der Waals surface area contributed by atoms with Crippen LogP contribution >= 0.6 is 0 Å². The van der Waals surface area contributed by atoms with Crippen LogP contribution in [0.25, 0.3) is 0 Å². The van der Waals surface area contributed by atoms with Gasteiger partial charge in [0.1, 0.15) is 72.5 Å². The van der Waals surface area contributed by atoms with Crippen LogP contribution < -0.4 is 21.3 Å². The van der Waals surface area contributed by atoms with Crippen LogP contribution in [-0.4, -0.2) is 298 Å². The van der Waals surface area contributed by atoms with Crippen molar-refractivity contribution in [3.63, 3.8) is 0 Å². The lowest BCUT2D eigenvalue weighted by Crippen LogP contribution is -2.62. The molecule has 582 valence electrons. The molecule has 106 heavy (non-hydrogen) atoms. The molecule has 5 N–H and O–H groups in total. The van der Waals surface area contributed by atoms with Crippen molar-refractivity contribution in [3.05, 3.63) is 108 Å². The fourth-order valence-corrected chi connectivity index (χ4v) is 12.9. The summed E-state index contributed by atoms with van der Waals surface area (Å²) in [6, 6.07) is 9.82. The van der Waals surface area contributed by atoms with Gasteiger partial charge in [0.25, 0.3) is 0 Å². The number of hydrogen-bond donors (Lipinski definition) is 5. The molecular formula is C77H114N14O15. The number of likely N-dealkylation sites (tertiary alicyclic amines) is 1. The van der Waals surface area contributed by atoms with Crippen LogP contribution in [0, 0.1) is 5.92 Å². The van der Waals surface area contributed by atoms with Crippen molar-refractivity contribution in [2.24, 2.45) is 5.92 Å². The summed E-state index contributed by atoms with van der Waals surface area (Å²) in [6.45, 7) is 14.5. The minimum Gasteiger partial charge on any atom is -0.391 e. The molecule has 2 aliphatic heterocycles. The first-order chi connectivity index (χ1) is 49.8. The molecule has 0 saturated carbocycles. The Kier molecular flexibility index (Phi) is 32.8. The summed E-state index contributed by atoms with van der Waals surface area (Å²) in [5.74, 6) is -10.4. The number of carbonyl (C=O) groups is 14. The van der Waals surface area contributed by atoms with Gasteiger partial charge in [0, 0.05) is 109 Å². The van der Waals surface area contributed by atoms with E-state index >= 15 is 9.59 Å². The van der Waals surface area contributed by atoms with Gasteiger partial charge in [0.05, 0.1) is 12.5 Å². The second-order valence-electron chi connectivity index (χ2n) is 28.9. The summed E-state index contributed by atoms with van der Waals surface area (Å²) in [4.78, 5) is 216. The second-order valence-corrected chi connectivity index (χ2v) is 28.9.